The Bertz CT molecular complexity index is 956. The maximum absolute atomic E-state index is 13.2. The van der Waals surface area contributed by atoms with Crippen LogP contribution in [0.15, 0.2) is 35.4 Å². The van der Waals surface area contributed by atoms with Crippen molar-refractivity contribution in [2.45, 2.75) is 46.0 Å². The molecule has 0 amide bonds. The highest BCUT2D eigenvalue weighted by atomic mass is 32.2. The smallest absolute Gasteiger partial charge is 0.366 e. The third-order valence-corrected chi connectivity index (χ3v) is 6.64. The van der Waals surface area contributed by atoms with E-state index in [0.717, 1.165) is 49.6 Å². The minimum absolute atomic E-state index is 0.585. The molecule has 1 aromatic carbocycles. The molecule has 0 spiro atoms. The molecule has 0 aliphatic carbocycles. The highest BCUT2D eigenvalue weighted by Gasteiger charge is 2.35. The van der Waals surface area contributed by atoms with Crippen molar-refractivity contribution < 1.29 is 17.7 Å². The molecule has 1 aromatic heterocycles. The average molecular weight is 409 g/mol. The predicted octanol–water partition coefficient (Wildman–Crippen LogP) is 5.05. The largest absolute Gasteiger partial charge is 0.416 e. The summed E-state index contributed by atoms with van der Waals surface area (Å²) in [5.41, 5.74) is 2.17. The van der Waals surface area contributed by atoms with E-state index < -0.39 is 11.7 Å². The summed E-state index contributed by atoms with van der Waals surface area (Å²) < 4.78 is 43.9. The van der Waals surface area contributed by atoms with E-state index in [1.54, 1.807) is 6.07 Å². The summed E-state index contributed by atoms with van der Waals surface area (Å²) in [5, 5.41) is 1.28. The molecule has 28 heavy (non-hydrogen) atoms. The third-order valence-electron chi connectivity index (χ3n) is 5.56. The standard InChI is InChI=1S/C21H25F3N3S/c1-3-25-12-13-28-19(25)10-7-15-6-5-11-27-17-9-8-16(21(22,23)24)14-18(17)26(4-2)20(15)27/h7-10,14H,3-6,11-13H2,1-2H3/q+1. The van der Waals surface area contributed by atoms with Crippen molar-refractivity contribution in [3.8, 4) is 0 Å². The van der Waals surface area contributed by atoms with E-state index in [0.29, 0.717) is 12.1 Å². The zero-order valence-electron chi connectivity index (χ0n) is 16.2. The Morgan fingerprint density at radius 3 is 2.71 bits per heavy atom. The van der Waals surface area contributed by atoms with Crippen molar-refractivity contribution in [2.75, 3.05) is 18.8 Å². The third kappa shape index (κ3) is 3.34. The van der Waals surface area contributed by atoms with Gasteiger partial charge in [-0.15, -0.1) is 11.8 Å². The first-order valence-corrected chi connectivity index (χ1v) is 10.8. The van der Waals surface area contributed by atoms with Gasteiger partial charge in [-0.05, 0) is 51.0 Å². The van der Waals surface area contributed by atoms with Crippen molar-refractivity contribution in [1.29, 1.82) is 0 Å². The molecule has 4 rings (SSSR count). The zero-order chi connectivity index (χ0) is 19.9. The second-order valence-corrected chi connectivity index (χ2v) is 8.26. The molecule has 1 fully saturated rings. The Kier molecular flexibility index (Phi) is 5.21. The summed E-state index contributed by atoms with van der Waals surface area (Å²) in [6, 6.07) is 4.12. The Morgan fingerprint density at radius 2 is 2.00 bits per heavy atom. The second-order valence-electron chi connectivity index (χ2n) is 7.15. The summed E-state index contributed by atoms with van der Waals surface area (Å²) in [4.78, 5) is 2.36. The Balaban J connectivity index is 1.84. The van der Waals surface area contributed by atoms with Gasteiger partial charge in [-0.25, -0.2) is 9.13 Å². The molecule has 2 aliphatic rings. The van der Waals surface area contributed by atoms with Crippen LogP contribution in [-0.2, 0) is 19.3 Å². The zero-order valence-corrected chi connectivity index (χ0v) is 17.0. The van der Waals surface area contributed by atoms with Crippen LogP contribution in [0, 0.1) is 0 Å². The first kappa shape index (κ1) is 19.4. The van der Waals surface area contributed by atoms with Crippen LogP contribution < -0.4 is 4.57 Å². The van der Waals surface area contributed by atoms with E-state index in [1.807, 2.05) is 23.3 Å². The molecule has 1 saturated heterocycles. The van der Waals surface area contributed by atoms with Gasteiger partial charge in [-0.1, -0.05) is 0 Å². The van der Waals surface area contributed by atoms with E-state index >= 15 is 0 Å². The number of halogens is 3. The fourth-order valence-electron chi connectivity index (χ4n) is 4.21. The van der Waals surface area contributed by atoms with E-state index in [2.05, 4.69) is 28.5 Å². The van der Waals surface area contributed by atoms with Crippen LogP contribution in [0.3, 0.4) is 0 Å². The van der Waals surface area contributed by atoms with Crippen molar-refractivity contribution in [3.63, 3.8) is 0 Å². The number of benzene rings is 1. The van der Waals surface area contributed by atoms with Gasteiger partial charge in [-0.2, -0.15) is 13.2 Å². The lowest BCUT2D eigenvalue weighted by atomic mass is 10.1. The number of alkyl halides is 3. The number of nitrogens with zero attached hydrogens (tertiary/aromatic N) is 3. The lowest BCUT2D eigenvalue weighted by Gasteiger charge is -2.16. The quantitative estimate of drug-likeness (QED) is 0.659. The SMILES string of the molecule is CCN1CCSC1=CC=C1CCCn2c1[n+](CC)c1cc(C(F)(F)F)ccc12. The van der Waals surface area contributed by atoms with Crippen LogP contribution in [-0.4, -0.2) is 28.3 Å². The Labute approximate surface area is 167 Å². The minimum Gasteiger partial charge on any atom is -0.366 e. The van der Waals surface area contributed by atoms with E-state index in [1.165, 1.54) is 22.7 Å². The Morgan fingerprint density at radius 1 is 1.18 bits per heavy atom. The van der Waals surface area contributed by atoms with Crippen LogP contribution in [0.2, 0.25) is 0 Å². The molecule has 0 unspecified atom stereocenters. The van der Waals surface area contributed by atoms with Crippen molar-refractivity contribution in [3.05, 3.63) is 46.8 Å². The normalized spacial score (nSPS) is 20.5. The number of imidazole rings is 1. The maximum atomic E-state index is 13.2. The molecule has 2 aliphatic heterocycles. The molecule has 7 heteroatoms. The summed E-state index contributed by atoms with van der Waals surface area (Å²) in [6.07, 6.45) is 1.99. The first-order chi connectivity index (χ1) is 13.4. The lowest BCUT2D eigenvalue weighted by Crippen LogP contribution is -2.37. The van der Waals surface area contributed by atoms with Crippen molar-refractivity contribution in [2.24, 2.45) is 0 Å². The van der Waals surface area contributed by atoms with Gasteiger partial charge in [-0.3, -0.25) is 0 Å². The number of aryl methyl sites for hydroxylation is 2. The fraction of sp³-hybridized carbons (Fsp3) is 0.476. The number of rotatable bonds is 3. The molecule has 0 atom stereocenters. The maximum Gasteiger partial charge on any atom is 0.416 e. The molecule has 2 aromatic rings. The number of thioether (sulfide) groups is 1. The lowest BCUT2D eigenvalue weighted by molar-refractivity contribution is -0.671. The van der Waals surface area contributed by atoms with Crippen molar-refractivity contribution in [1.82, 2.24) is 9.47 Å². The van der Waals surface area contributed by atoms with Gasteiger partial charge in [0.2, 0.25) is 0 Å². The molecule has 0 bridgehead atoms. The van der Waals surface area contributed by atoms with E-state index in [-0.39, 0.29) is 0 Å². The number of hydrogen-bond donors (Lipinski definition) is 0. The molecule has 0 radical (unpaired) electrons. The Hall–Kier alpha value is -1.89. The monoisotopic (exact) mass is 408 g/mol. The van der Waals surface area contributed by atoms with Gasteiger partial charge in [0, 0.05) is 30.5 Å². The molecule has 3 heterocycles. The highest BCUT2D eigenvalue weighted by Crippen LogP contribution is 2.34. The van der Waals surface area contributed by atoms with Gasteiger partial charge in [0.15, 0.2) is 11.0 Å². The van der Waals surface area contributed by atoms with Crippen molar-refractivity contribution >= 4 is 28.4 Å². The van der Waals surface area contributed by atoms with Crippen LogP contribution in [0.25, 0.3) is 16.6 Å². The highest BCUT2D eigenvalue weighted by molar-refractivity contribution is 8.03. The predicted molar refractivity (Wildman–Crippen MR) is 108 cm³/mol. The summed E-state index contributed by atoms with van der Waals surface area (Å²) in [7, 11) is 0. The molecule has 3 nitrogen and oxygen atoms in total. The van der Waals surface area contributed by atoms with E-state index in [9.17, 15) is 13.2 Å². The topological polar surface area (TPSA) is 12.1 Å². The minimum atomic E-state index is -4.32. The summed E-state index contributed by atoms with van der Waals surface area (Å²) in [6.45, 7) is 7.71. The molecular formula is C21H25F3N3S+. The van der Waals surface area contributed by atoms with E-state index in [4.69, 9.17) is 0 Å². The van der Waals surface area contributed by atoms with Gasteiger partial charge in [0.1, 0.15) is 0 Å². The first-order valence-electron chi connectivity index (χ1n) is 9.86. The number of aromatic nitrogens is 2. The van der Waals surface area contributed by atoms with Crippen LogP contribution >= 0.6 is 11.8 Å². The number of allylic oxidation sites excluding steroid dienone is 3. The van der Waals surface area contributed by atoms with Gasteiger partial charge in [0.05, 0.1) is 23.7 Å². The van der Waals surface area contributed by atoms with Crippen LogP contribution in [0.4, 0.5) is 13.2 Å². The van der Waals surface area contributed by atoms with Crippen LogP contribution in [0.5, 0.6) is 0 Å². The van der Waals surface area contributed by atoms with Gasteiger partial charge >= 0.3 is 6.18 Å². The summed E-state index contributed by atoms with van der Waals surface area (Å²) in [5.74, 6) is 2.16. The molecule has 0 saturated carbocycles. The van der Waals surface area contributed by atoms with Crippen LogP contribution in [0.1, 0.15) is 38.1 Å². The molecular weight excluding hydrogens is 383 g/mol. The number of hydrogen-bond acceptors (Lipinski definition) is 2. The fourth-order valence-corrected chi connectivity index (χ4v) is 5.30. The van der Waals surface area contributed by atoms with Gasteiger partial charge < -0.3 is 4.90 Å². The molecule has 0 N–H and O–H groups in total. The molecule has 150 valence electrons. The summed E-state index contributed by atoms with van der Waals surface area (Å²) >= 11 is 1.87. The second kappa shape index (κ2) is 7.50. The van der Waals surface area contributed by atoms with Gasteiger partial charge in [0.25, 0.3) is 5.82 Å². The average Bonchev–Trinajstić information content (AvgIpc) is 3.27. The number of fused-ring (bicyclic) bond motifs is 3.